The molecule has 0 aliphatic rings. The number of rotatable bonds is 6. The van der Waals surface area contributed by atoms with Gasteiger partial charge in [-0.25, -0.2) is 8.42 Å². The summed E-state index contributed by atoms with van der Waals surface area (Å²) in [4.78, 5) is 12.5. The van der Waals surface area contributed by atoms with Gasteiger partial charge in [0.15, 0.2) is 0 Å². The van der Waals surface area contributed by atoms with Gasteiger partial charge in [0.25, 0.3) is 0 Å². The molecule has 7 heteroatoms. The van der Waals surface area contributed by atoms with Crippen LogP contribution in [-0.2, 0) is 21.4 Å². The summed E-state index contributed by atoms with van der Waals surface area (Å²) in [5, 5.41) is 3.26. The first-order valence-corrected chi connectivity index (χ1v) is 10.4. The van der Waals surface area contributed by atoms with Crippen LogP contribution >= 0.6 is 11.6 Å². The molecule has 0 bridgehead atoms. The summed E-state index contributed by atoms with van der Waals surface area (Å²) in [7, 11) is -3.86. The van der Waals surface area contributed by atoms with Gasteiger partial charge in [-0.2, -0.15) is 4.31 Å². The van der Waals surface area contributed by atoms with Gasteiger partial charge in [0.2, 0.25) is 15.9 Å². The Labute approximate surface area is 166 Å². The number of hydrogen-bond acceptors (Lipinski definition) is 3. The van der Waals surface area contributed by atoms with Crippen molar-refractivity contribution in [1.82, 2.24) is 9.62 Å². The van der Waals surface area contributed by atoms with Crippen molar-refractivity contribution < 1.29 is 13.2 Å². The first-order chi connectivity index (χ1) is 12.5. The normalized spacial score (nSPS) is 12.2. The quantitative estimate of drug-likeness (QED) is 0.791. The molecule has 2 aromatic rings. The third-order valence-electron chi connectivity index (χ3n) is 3.77. The summed E-state index contributed by atoms with van der Waals surface area (Å²) in [6.07, 6.45) is 0. The molecule has 146 valence electrons. The van der Waals surface area contributed by atoms with Crippen LogP contribution in [-0.4, -0.2) is 30.7 Å². The zero-order chi connectivity index (χ0) is 20.2. The number of carbonyl (C=O) groups excluding carboxylic acids is 1. The van der Waals surface area contributed by atoms with E-state index in [4.69, 9.17) is 11.6 Å². The second kappa shape index (κ2) is 8.42. The molecule has 1 amide bonds. The van der Waals surface area contributed by atoms with Crippen molar-refractivity contribution >= 4 is 27.5 Å². The Balaban J connectivity index is 2.34. The van der Waals surface area contributed by atoms with E-state index in [0.717, 1.165) is 11.1 Å². The van der Waals surface area contributed by atoms with Crippen LogP contribution in [0.4, 0.5) is 0 Å². The van der Waals surface area contributed by atoms with Gasteiger partial charge in [-0.15, -0.1) is 0 Å². The minimum atomic E-state index is -3.86. The van der Waals surface area contributed by atoms with E-state index in [0.29, 0.717) is 5.02 Å². The molecule has 0 saturated heterocycles. The highest BCUT2D eigenvalue weighted by Crippen LogP contribution is 2.21. The highest BCUT2D eigenvalue weighted by molar-refractivity contribution is 7.89. The first-order valence-electron chi connectivity index (χ1n) is 8.60. The highest BCUT2D eigenvalue weighted by Gasteiger charge is 2.28. The lowest BCUT2D eigenvalue weighted by Gasteiger charge is -2.25. The van der Waals surface area contributed by atoms with E-state index in [-0.39, 0.29) is 23.9 Å². The number of nitrogens with zero attached hydrogens (tertiary/aromatic N) is 1. The Morgan fingerprint density at radius 1 is 1.04 bits per heavy atom. The summed E-state index contributed by atoms with van der Waals surface area (Å²) in [5.74, 6) is -0.354. The molecule has 0 aliphatic carbocycles. The molecule has 27 heavy (non-hydrogen) atoms. The summed E-state index contributed by atoms with van der Waals surface area (Å²) < 4.78 is 27.4. The van der Waals surface area contributed by atoms with E-state index < -0.39 is 15.6 Å². The van der Waals surface area contributed by atoms with Gasteiger partial charge in [-0.05, 0) is 57.5 Å². The molecule has 0 aromatic heterocycles. The smallest absolute Gasteiger partial charge is 0.243 e. The summed E-state index contributed by atoms with van der Waals surface area (Å²) in [6.45, 7) is 7.34. The van der Waals surface area contributed by atoms with Crippen LogP contribution in [0.2, 0.25) is 5.02 Å². The zero-order valence-electron chi connectivity index (χ0n) is 16.0. The van der Waals surface area contributed by atoms with Gasteiger partial charge in [0, 0.05) is 17.1 Å². The molecule has 0 aliphatic heterocycles. The van der Waals surface area contributed by atoms with Crippen LogP contribution in [0.15, 0.2) is 53.4 Å². The standard InChI is InChI=1S/C20H25ClN2O3S/c1-15-5-7-16(8-6-15)13-23(14-19(24)22-20(2,3)4)27(25,26)18-11-9-17(21)10-12-18/h5-12H,13-14H2,1-4H3,(H,22,24). The first kappa shape index (κ1) is 21.4. The molecule has 0 heterocycles. The SMILES string of the molecule is Cc1ccc(CN(CC(=O)NC(C)(C)C)S(=O)(=O)c2ccc(Cl)cc2)cc1. The number of sulfonamides is 1. The Morgan fingerprint density at radius 3 is 2.11 bits per heavy atom. The van der Waals surface area contributed by atoms with Crippen molar-refractivity contribution in [3.8, 4) is 0 Å². The Morgan fingerprint density at radius 2 is 1.59 bits per heavy atom. The Kier molecular flexibility index (Phi) is 6.68. The van der Waals surface area contributed by atoms with E-state index in [1.54, 1.807) is 0 Å². The number of benzene rings is 2. The van der Waals surface area contributed by atoms with Crippen molar-refractivity contribution in [2.45, 2.75) is 44.7 Å². The van der Waals surface area contributed by atoms with E-state index in [2.05, 4.69) is 5.32 Å². The number of nitrogens with one attached hydrogen (secondary N) is 1. The number of carbonyl (C=O) groups is 1. The predicted octanol–water partition coefficient (Wildman–Crippen LogP) is 3.75. The number of halogens is 1. The van der Waals surface area contributed by atoms with Crippen LogP contribution < -0.4 is 5.32 Å². The highest BCUT2D eigenvalue weighted by atomic mass is 35.5. The molecule has 0 unspecified atom stereocenters. The van der Waals surface area contributed by atoms with Crippen LogP contribution in [0.25, 0.3) is 0 Å². The average Bonchev–Trinajstić information content (AvgIpc) is 2.55. The monoisotopic (exact) mass is 408 g/mol. The number of amides is 1. The maximum Gasteiger partial charge on any atom is 0.243 e. The fourth-order valence-corrected chi connectivity index (χ4v) is 4.01. The van der Waals surface area contributed by atoms with Crippen molar-refractivity contribution in [3.63, 3.8) is 0 Å². The second-order valence-electron chi connectivity index (χ2n) is 7.51. The van der Waals surface area contributed by atoms with Gasteiger partial charge in [0.05, 0.1) is 11.4 Å². The van der Waals surface area contributed by atoms with Gasteiger partial charge >= 0.3 is 0 Å². The van der Waals surface area contributed by atoms with Gasteiger partial charge < -0.3 is 5.32 Å². The third-order valence-corrected chi connectivity index (χ3v) is 5.82. The van der Waals surface area contributed by atoms with Crippen molar-refractivity contribution in [3.05, 3.63) is 64.7 Å². The van der Waals surface area contributed by atoms with Crippen LogP contribution in [0, 0.1) is 6.92 Å². The van der Waals surface area contributed by atoms with Crippen molar-refractivity contribution in [2.75, 3.05) is 6.54 Å². The second-order valence-corrected chi connectivity index (χ2v) is 9.89. The summed E-state index contributed by atoms with van der Waals surface area (Å²) >= 11 is 5.87. The molecule has 5 nitrogen and oxygen atoms in total. The maximum atomic E-state index is 13.1. The minimum absolute atomic E-state index is 0.0996. The maximum absolute atomic E-state index is 13.1. The molecule has 0 atom stereocenters. The van der Waals surface area contributed by atoms with E-state index in [9.17, 15) is 13.2 Å². The van der Waals surface area contributed by atoms with E-state index in [1.165, 1.54) is 28.6 Å². The molecule has 0 saturated carbocycles. The average molecular weight is 409 g/mol. The van der Waals surface area contributed by atoms with Crippen molar-refractivity contribution in [2.24, 2.45) is 0 Å². The van der Waals surface area contributed by atoms with E-state index >= 15 is 0 Å². The van der Waals surface area contributed by atoms with Crippen LogP contribution in [0.1, 0.15) is 31.9 Å². The molecule has 2 rings (SSSR count). The molecule has 0 fully saturated rings. The number of hydrogen-bond donors (Lipinski definition) is 1. The van der Waals surface area contributed by atoms with Crippen LogP contribution in [0.3, 0.4) is 0 Å². The lowest BCUT2D eigenvalue weighted by molar-refractivity contribution is -0.122. The lowest BCUT2D eigenvalue weighted by atomic mass is 10.1. The van der Waals surface area contributed by atoms with Gasteiger partial charge in [-0.3, -0.25) is 4.79 Å². The Hall–Kier alpha value is -1.89. The predicted molar refractivity (Wildman–Crippen MR) is 108 cm³/mol. The Bertz CT molecular complexity index is 886. The lowest BCUT2D eigenvalue weighted by Crippen LogP contribution is -2.47. The van der Waals surface area contributed by atoms with Crippen molar-refractivity contribution in [1.29, 1.82) is 0 Å². The van der Waals surface area contributed by atoms with Crippen LogP contribution in [0.5, 0.6) is 0 Å². The zero-order valence-corrected chi connectivity index (χ0v) is 17.6. The van der Waals surface area contributed by atoms with Gasteiger partial charge in [-0.1, -0.05) is 41.4 Å². The summed E-state index contributed by atoms with van der Waals surface area (Å²) in [5.41, 5.74) is 1.44. The molecular weight excluding hydrogens is 384 g/mol. The molecular formula is C20H25ClN2O3S. The molecule has 1 N–H and O–H groups in total. The fraction of sp³-hybridized carbons (Fsp3) is 0.350. The molecule has 0 radical (unpaired) electrons. The fourth-order valence-electron chi connectivity index (χ4n) is 2.50. The van der Waals surface area contributed by atoms with E-state index in [1.807, 2.05) is 52.0 Å². The number of aryl methyl sites for hydroxylation is 1. The summed E-state index contributed by atoms with van der Waals surface area (Å²) in [6, 6.07) is 13.5. The molecule has 2 aromatic carbocycles. The largest absolute Gasteiger partial charge is 0.350 e. The van der Waals surface area contributed by atoms with Gasteiger partial charge in [0.1, 0.15) is 0 Å². The molecule has 0 spiro atoms. The third kappa shape index (κ3) is 6.34. The minimum Gasteiger partial charge on any atom is -0.350 e. The topological polar surface area (TPSA) is 66.5 Å².